The van der Waals surface area contributed by atoms with Gasteiger partial charge < -0.3 is 10.1 Å². The Labute approximate surface area is 78.9 Å². The van der Waals surface area contributed by atoms with Crippen molar-refractivity contribution in [2.75, 3.05) is 13.7 Å². The highest BCUT2D eigenvalue weighted by Crippen LogP contribution is 2.11. The maximum absolute atomic E-state index is 11.2. The zero-order chi connectivity index (χ0) is 10.3. The molecule has 0 atom stereocenters. The Kier molecular flexibility index (Phi) is 5.09. The summed E-state index contributed by atoms with van der Waals surface area (Å²) in [5.74, 6) is -0.0814. The molecule has 0 aliphatic rings. The van der Waals surface area contributed by atoms with Gasteiger partial charge in [-0.05, 0) is 13.8 Å². The van der Waals surface area contributed by atoms with E-state index in [0.29, 0.717) is 19.4 Å². The van der Waals surface area contributed by atoms with Crippen molar-refractivity contribution in [3.05, 3.63) is 0 Å². The maximum atomic E-state index is 11.2. The molecule has 0 aromatic rings. The second kappa shape index (κ2) is 5.55. The van der Waals surface area contributed by atoms with E-state index >= 15 is 0 Å². The van der Waals surface area contributed by atoms with E-state index < -0.39 is 5.60 Å². The van der Waals surface area contributed by atoms with Crippen molar-refractivity contribution in [2.45, 2.75) is 32.3 Å². The van der Waals surface area contributed by atoms with Crippen molar-refractivity contribution < 1.29 is 9.53 Å². The SMILES string of the molecule is COC(C)(C)CC(=O)NCCC#N. The number of carbonyl (C=O) groups excluding carboxylic acids is 1. The molecule has 0 radical (unpaired) electrons. The van der Waals surface area contributed by atoms with Gasteiger partial charge in [-0.25, -0.2) is 0 Å². The van der Waals surface area contributed by atoms with E-state index in [-0.39, 0.29) is 5.91 Å². The lowest BCUT2D eigenvalue weighted by molar-refractivity contribution is -0.126. The Balaban J connectivity index is 3.69. The van der Waals surface area contributed by atoms with Crippen molar-refractivity contribution in [1.82, 2.24) is 5.32 Å². The van der Waals surface area contributed by atoms with Gasteiger partial charge in [0.1, 0.15) is 0 Å². The lowest BCUT2D eigenvalue weighted by Gasteiger charge is -2.21. The topological polar surface area (TPSA) is 62.1 Å². The summed E-state index contributed by atoms with van der Waals surface area (Å²) in [6, 6.07) is 1.95. The fourth-order valence-corrected chi connectivity index (χ4v) is 0.779. The van der Waals surface area contributed by atoms with Crippen LogP contribution in [0.4, 0.5) is 0 Å². The van der Waals surface area contributed by atoms with Crippen LogP contribution in [-0.4, -0.2) is 25.2 Å². The van der Waals surface area contributed by atoms with Gasteiger partial charge >= 0.3 is 0 Å². The Morgan fingerprint density at radius 3 is 2.69 bits per heavy atom. The van der Waals surface area contributed by atoms with Crippen LogP contribution in [0.15, 0.2) is 0 Å². The van der Waals surface area contributed by atoms with Crippen LogP contribution in [0.1, 0.15) is 26.7 Å². The molecule has 0 spiro atoms. The maximum Gasteiger partial charge on any atom is 0.222 e. The van der Waals surface area contributed by atoms with E-state index in [9.17, 15) is 4.79 Å². The number of rotatable bonds is 5. The first kappa shape index (κ1) is 11.9. The van der Waals surface area contributed by atoms with Gasteiger partial charge in [-0.1, -0.05) is 0 Å². The first-order valence-corrected chi connectivity index (χ1v) is 4.20. The lowest BCUT2D eigenvalue weighted by Crippen LogP contribution is -2.34. The smallest absolute Gasteiger partial charge is 0.222 e. The van der Waals surface area contributed by atoms with Crippen LogP contribution in [0.2, 0.25) is 0 Å². The van der Waals surface area contributed by atoms with Gasteiger partial charge in [0.15, 0.2) is 0 Å². The molecule has 0 unspecified atom stereocenters. The van der Waals surface area contributed by atoms with Gasteiger partial charge in [-0.2, -0.15) is 5.26 Å². The highest BCUT2D eigenvalue weighted by molar-refractivity contribution is 5.76. The first-order chi connectivity index (χ1) is 6.02. The quantitative estimate of drug-likeness (QED) is 0.644. The predicted octanol–water partition coefficient (Wildman–Crippen LogP) is 0.831. The number of nitriles is 1. The molecule has 0 saturated heterocycles. The van der Waals surface area contributed by atoms with E-state index in [2.05, 4.69) is 5.32 Å². The largest absolute Gasteiger partial charge is 0.378 e. The average molecular weight is 184 g/mol. The normalized spacial score (nSPS) is 10.6. The van der Waals surface area contributed by atoms with Gasteiger partial charge in [0.2, 0.25) is 5.91 Å². The Hall–Kier alpha value is -1.08. The van der Waals surface area contributed by atoms with E-state index in [4.69, 9.17) is 10.00 Å². The zero-order valence-corrected chi connectivity index (χ0v) is 8.39. The fraction of sp³-hybridized carbons (Fsp3) is 0.778. The summed E-state index contributed by atoms with van der Waals surface area (Å²) in [7, 11) is 1.57. The Bertz CT molecular complexity index is 206. The minimum atomic E-state index is -0.434. The molecule has 0 saturated carbocycles. The van der Waals surface area contributed by atoms with Crippen LogP contribution in [0.5, 0.6) is 0 Å². The van der Waals surface area contributed by atoms with Crippen molar-refractivity contribution in [3.8, 4) is 6.07 Å². The second-order valence-electron chi connectivity index (χ2n) is 3.40. The molecule has 0 aliphatic carbocycles. The van der Waals surface area contributed by atoms with Crippen LogP contribution in [-0.2, 0) is 9.53 Å². The summed E-state index contributed by atoms with van der Waals surface area (Å²) in [6.45, 7) is 4.10. The Morgan fingerprint density at radius 1 is 1.62 bits per heavy atom. The van der Waals surface area contributed by atoms with Crippen molar-refractivity contribution >= 4 is 5.91 Å². The summed E-state index contributed by atoms with van der Waals surface area (Å²) in [5.41, 5.74) is -0.434. The third kappa shape index (κ3) is 6.12. The van der Waals surface area contributed by atoms with Crippen LogP contribution in [0, 0.1) is 11.3 Å². The minimum absolute atomic E-state index is 0.0814. The van der Waals surface area contributed by atoms with Gasteiger partial charge in [-0.3, -0.25) is 4.79 Å². The average Bonchev–Trinajstić information content (AvgIpc) is 2.04. The summed E-state index contributed by atoms with van der Waals surface area (Å²) in [4.78, 5) is 11.2. The standard InChI is InChI=1S/C9H16N2O2/c1-9(2,13-3)7-8(12)11-6-4-5-10/h4,6-7H2,1-3H3,(H,11,12). The number of amides is 1. The number of methoxy groups -OCH3 is 1. The number of carbonyl (C=O) groups is 1. The summed E-state index contributed by atoms with van der Waals surface area (Å²) in [6.07, 6.45) is 0.661. The molecule has 0 bridgehead atoms. The first-order valence-electron chi connectivity index (χ1n) is 4.20. The van der Waals surface area contributed by atoms with Gasteiger partial charge in [0.25, 0.3) is 0 Å². The van der Waals surface area contributed by atoms with Crippen LogP contribution in [0.3, 0.4) is 0 Å². The monoisotopic (exact) mass is 184 g/mol. The summed E-state index contributed by atoms with van der Waals surface area (Å²) < 4.78 is 5.09. The van der Waals surface area contributed by atoms with Crippen LogP contribution in [0.25, 0.3) is 0 Å². The van der Waals surface area contributed by atoms with Crippen molar-refractivity contribution in [3.63, 3.8) is 0 Å². The lowest BCUT2D eigenvalue weighted by atomic mass is 10.1. The molecule has 74 valence electrons. The van der Waals surface area contributed by atoms with Gasteiger partial charge in [0, 0.05) is 13.7 Å². The van der Waals surface area contributed by atoms with E-state index in [0.717, 1.165) is 0 Å². The molecule has 4 nitrogen and oxygen atoms in total. The molecule has 0 aromatic heterocycles. The number of ether oxygens (including phenoxy) is 1. The predicted molar refractivity (Wildman–Crippen MR) is 48.9 cm³/mol. The molecular formula is C9H16N2O2. The molecule has 0 aliphatic heterocycles. The van der Waals surface area contributed by atoms with E-state index in [1.165, 1.54) is 0 Å². The molecular weight excluding hydrogens is 168 g/mol. The Morgan fingerprint density at radius 2 is 2.23 bits per heavy atom. The summed E-state index contributed by atoms with van der Waals surface area (Å²) in [5, 5.41) is 10.9. The van der Waals surface area contributed by atoms with Crippen LogP contribution >= 0.6 is 0 Å². The van der Waals surface area contributed by atoms with Gasteiger partial charge in [0.05, 0.1) is 24.5 Å². The van der Waals surface area contributed by atoms with E-state index in [1.54, 1.807) is 7.11 Å². The van der Waals surface area contributed by atoms with Crippen molar-refractivity contribution in [1.29, 1.82) is 5.26 Å². The molecule has 0 heterocycles. The van der Waals surface area contributed by atoms with Gasteiger partial charge in [-0.15, -0.1) is 0 Å². The highest BCUT2D eigenvalue weighted by Gasteiger charge is 2.20. The number of nitrogens with zero attached hydrogens (tertiary/aromatic N) is 1. The third-order valence-corrected chi connectivity index (χ3v) is 1.70. The summed E-state index contributed by atoms with van der Waals surface area (Å²) >= 11 is 0. The van der Waals surface area contributed by atoms with Crippen LogP contribution < -0.4 is 5.32 Å². The molecule has 0 rings (SSSR count). The number of hydrogen-bond acceptors (Lipinski definition) is 3. The number of hydrogen-bond donors (Lipinski definition) is 1. The van der Waals surface area contributed by atoms with E-state index in [1.807, 2.05) is 19.9 Å². The molecule has 0 aromatic carbocycles. The molecule has 0 fully saturated rings. The molecule has 4 heteroatoms. The molecule has 1 N–H and O–H groups in total. The fourth-order valence-electron chi connectivity index (χ4n) is 0.779. The zero-order valence-electron chi connectivity index (χ0n) is 8.39. The molecule has 1 amide bonds. The molecule has 13 heavy (non-hydrogen) atoms. The third-order valence-electron chi connectivity index (χ3n) is 1.70. The number of nitrogens with one attached hydrogen (secondary N) is 1. The second-order valence-corrected chi connectivity index (χ2v) is 3.40. The van der Waals surface area contributed by atoms with Crippen molar-refractivity contribution in [2.24, 2.45) is 0 Å². The minimum Gasteiger partial charge on any atom is -0.378 e. The highest BCUT2D eigenvalue weighted by atomic mass is 16.5.